The lowest BCUT2D eigenvalue weighted by Crippen LogP contribution is -2.41. The van der Waals surface area contributed by atoms with Crippen LogP contribution in [0.15, 0.2) is 48.5 Å². The number of carboxylic acids is 1. The summed E-state index contributed by atoms with van der Waals surface area (Å²) in [6, 6.07) is 17.5. The third kappa shape index (κ3) is 3.64. The molecule has 1 fully saturated rings. The van der Waals surface area contributed by atoms with E-state index >= 15 is 0 Å². The monoisotopic (exact) mass is 379 g/mol. The van der Waals surface area contributed by atoms with Crippen LogP contribution >= 0.6 is 11.3 Å². The fourth-order valence-corrected chi connectivity index (χ4v) is 5.46. The van der Waals surface area contributed by atoms with Crippen molar-refractivity contribution in [2.24, 2.45) is 5.92 Å². The molecule has 1 N–H and O–H groups in total. The van der Waals surface area contributed by atoms with Crippen LogP contribution in [0.5, 0.6) is 0 Å². The van der Waals surface area contributed by atoms with E-state index in [1.165, 1.54) is 31.7 Å². The van der Waals surface area contributed by atoms with Crippen LogP contribution in [0.25, 0.3) is 10.1 Å². The maximum atomic E-state index is 11.6. The number of hydrogen-bond acceptors (Lipinski definition) is 3. The Morgan fingerprint density at radius 3 is 2.74 bits per heavy atom. The van der Waals surface area contributed by atoms with Crippen LogP contribution in [0.2, 0.25) is 0 Å². The van der Waals surface area contributed by atoms with Crippen molar-refractivity contribution in [2.45, 2.75) is 32.7 Å². The smallest absolute Gasteiger partial charge is 0.307 e. The summed E-state index contributed by atoms with van der Waals surface area (Å²) in [5, 5.41) is 10.8. The second kappa shape index (κ2) is 7.45. The van der Waals surface area contributed by atoms with Gasteiger partial charge in [-0.05, 0) is 61.9 Å². The standard InChI is InChI=1S/C23H25NO2S/c1-15-9-10-19(16(2)12-15)22(24-11-5-7-18(14-24)23(25)26)21-13-17-6-3-4-8-20(17)27-21/h3-4,6,8-10,12-13,18,22H,5,7,11,14H2,1-2H3,(H,25,26). The summed E-state index contributed by atoms with van der Waals surface area (Å²) < 4.78 is 1.29. The van der Waals surface area contributed by atoms with E-state index in [1.807, 2.05) is 11.3 Å². The number of carboxylic acid groups (broad SMARTS) is 1. The molecule has 0 bridgehead atoms. The zero-order chi connectivity index (χ0) is 19.0. The van der Waals surface area contributed by atoms with Gasteiger partial charge in [0.25, 0.3) is 0 Å². The maximum absolute atomic E-state index is 11.6. The van der Waals surface area contributed by atoms with Crippen molar-refractivity contribution in [3.63, 3.8) is 0 Å². The number of likely N-dealkylation sites (tertiary alicyclic amines) is 1. The number of aryl methyl sites for hydroxylation is 2. The number of fused-ring (bicyclic) bond motifs is 1. The lowest BCUT2D eigenvalue weighted by Gasteiger charge is -2.37. The first kappa shape index (κ1) is 18.2. The van der Waals surface area contributed by atoms with Crippen molar-refractivity contribution in [2.75, 3.05) is 13.1 Å². The average molecular weight is 380 g/mol. The molecule has 4 rings (SSSR count). The van der Waals surface area contributed by atoms with Crippen molar-refractivity contribution < 1.29 is 9.90 Å². The largest absolute Gasteiger partial charge is 0.481 e. The first-order valence-electron chi connectivity index (χ1n) is 9.55. The maximum Gasteiger partial charge on any atom is 0.307 e. The van der Waals surface area contributed by atoms with Crippen LogP contribution in [0.3, 0.4) is 0 Å². The van der Waals surface area contributed by atoms with Gasteiger partial charge in [0.2, 0.25) is 0 Å². The molecular formula is C23H25NO2S. The summed E-state index contributed by atoms with van der Waals surface area (Å²) in [4.78, 5) is 15.3. The van der Waals surface area contributed by atoms with Crippen molar-refractivity contribution in [1.29, 1.82) is 0 Å². The van der Waals surface area contributed by atoms with E-state index in [0.29, 0.717) is 6.54 Å². The molecule has 3 nitrogen and oxygen atoms in total. The second-order valence-electron chi connectivity index (χ2n) is 7.62. The van der Waals surface area contributed by atoms with Gasteiger partial charge in [-0.1, -0.05) is 42.0 Å². The minimum atomic E-state index is -0.671. The lowest BCUT2D eigenvalue weighted by molar-refractivity contribution is -0.143. The normalized spacial score (nSPS) is 19.3. The summed E-state index contributed by atoms with van der Waals surface area (Å²) in [6.07, 6.45) is 1.71. The number of thiophene rings is 1. The average Bonchev–Trinajstić information content (AvgIpc) is 3.07. The fourth-order valence-electron chi connectivity index (χ4n) is 4.24. The van der Waals surface area contributed by atoms with Crippen molar-refractivity contribution in [3.8, 4) is 0 Å². The zero-order valence-corrected chi connectivity index (χ0v) is 16.6. The summed E-state index contributed by atoms with van der Waals surface area (Å²) in [5.41, 5.74) is 3.82. The number of hydrogen-bond donors (Lipinski definition) is 1. The molecule has 4 heteroatoms. The molecule has 140 valence electrons. The molecule has 1 saturated heterocycles. The van der Waals surface area contributed by atoms with Crippen LogP contribution in [-0.4, -0.2) is 29.1 Å². The highest BCUT2D eigenvalue weighted by Crippen LogP contribution is 2.39. The van der Waals surface area contributed by atoms with E-state index in [-0.39, 0.29) is 12.0 Å². The highest BCUT2D eigenvalue weighted by atomic mass is 32.1. The van der Waals surface area contributed by atoms with Gasteiger partial charge in [0.15, 0.2) is 0 Å². The molecule has 27 heavy (non-hydrogen) atoms. The van der Waals surface area contributed by atoms with E-state index < -0.39 is 5.97 Å². The van der Waals surface area contributed by atoms with Gasteiger partial charge in [0.05, 0.1) is 12.0 Å². The minimum absolute atomic E-state index is 0.116. The second-order valence-corrected chi connectivity index (χ2v) is 8.74. The predicted octanol–water partition coefficient (Wildman–Crippen LogP) is 5.40. The molecule has 0 radical (unpaired) electrons. The van der Waals surface area contributed by atoms with Crippen molar-refractivity contribution in [3.05, 3.63) is 70.1 Å². The molecule has 1 aromatic heterocycles. The fraction of sp³-hybridized carbons (Fsp3) is 0.348. The molecule has 2 aromatic carbocycles. The Hall–Kier alpha value is -2.17. The molecule has 1 aliphatic rings. The van der Waals surface area contributed by atoms with Crippen molar-refractivity contribution in [1.82, 2.24) is 4.90 Å². The summed E-state index contributed by atoms with van der Waals surface area (Å²) in [5.74, 6) is -0.947. The van der Waals surface area contributed by atoms with Crippen LogP contribution in [0, 0.1) is 19.8 Å². The van der Waals surface area contributed by atoms with Crippen LogP contribution in [0.4, 0.5) is 0 Å². The molecule has 2 unspecified atom stereocenters. The molecule has 2 heterocycles. The number of nitrogens with zero attached hydrogens (tertiary/aromatic N) is 1. The zero-order valence-electron chi connectivity index (χ0n) is 15.8. The first-order valence-corrected chi connectivity index (χ1v) is 10.4. The van der Waals surface area contributed by atoms with Gasteiger partial charge in [-0.2, -0.15) is 0 Å². The predicted molar refractivity (Wildman–Crippen MR) is 112 cm³/mol. The lowest BCUT2D eigenvalue weighted by atomic mass is 9.92. The van der Waals surface area contributed by atoms with E-state index in [4.69, 9.17) is 0 Å². The number of piperidine rings is 1. The topological polar surface area (TPSA) is 40.5 Å². The van der Waals surface area contributed by atoms with Crippen molar-refractivity contribution >= 4 is 27.4 Å². The Morgan fingerprint density at radius 2 is 2.00 bits per heavy atom. The Kier molecular flexibility index (Phi) is 5.02. The SMILES string of the molecule is Cc1ccc(C(c2cc3ccccc3s2)N2CCCC(C(=O)O)C2)c(C)c1. The third-order valence-electron chi connectivity index (χ3n) is 5.60. The van der Waals surface area contributed by atoms with Crippen LogP contribution in [-0.2, 0) is 4.79 Å². The van der Waals surface area contributed by atoms with Gasteiger partial charge in [0.1, 0.15) is 0 Å². The van der Waals surface area contributed by atoms with E-state index in [1.54, 1.807) is 0 Å². The number of rotatable bonds is 4. The van der Waals surface area contributed by atoms with E-state index in [0.717, 1.165) is 19.4 Å². The molecule has 2 atom stereocenters. The number of benzene rings is 2. The molecular weight excluding hydrogens is 354 g/mol. The highest BCUT2D eigenvalue weighted by molar-refractivity contribution is 7.19. The Bertz CT molecular complexity index is 944. The van der Waals surface area contributed by atoms with Gasteiger partial charge >= 0.3 is 5.97 Å². The Labute approximate surface area is 164 Å². The highest BCUT2D eigenvalue weighted by Gasteiger charge is 2.32. The quantitative estimate of drug-likeness (QED) is 0.659. The molecule has 0 spiro atoms. The molecule has 0 saturated carbocycles. The first-order chi connectivity index (χ1) is 13.0. The molecule has 0 amide bonds. The number of aliphatic carboxylic acids is 1. The van der Waals surface area contributed by atoms with Gasteiger partial charge in [-0.3, -0.25) is 9.69 Å². The third-order valence-corrected chi connectivity index (χ3v) is 6.77. The molecule has 3 aromatic rings. The Balaban J connectivity index is 1.80. The molecule has 0 aliphatic carbocycles. The summed E-state index contributed by atoms with van der Waals surface area (Å²) in [7, 11) is 0. The summed E-state index contributed by atoms with van der Waals surface area (Å²) >= 11 is 1.83. The van der Waals surface area contributed by atoms with Crippen LogP contribution < -0.4 is 0 Å². The van der Waals surface area contributed by atoms with Gasteiger partial charge < -0.3 is 5.11 Å². The summed E-state index contributed by atoms with van der Waals surface area (Å²) in [6.45, 7) is 5.84. The van der Waals surface area contributed by atoms with Gasteiger partial charge in [-0.25, -0.2) is 0 Å². The minimum Gasteiger partial charge on any atom is -0.481 e. The Morgan fingerprint density at radius 1 is 1.19 bits per heavy atom. The molecule has 1 aliphatic heterocycles. The van der Waals surface area contributed by atoms with E-state index in [9.17, 15) is 9.90 Å². The van der Waals surface area contributed by atoms with Crippen LogP contribution in [0.1, 0.15) is 40.5 Å². The van der Waals surface area contributed by atoms with Gasteiger partial charge in [-0.15, -0.1) is 11.3 Å². The number of carbonyl (C=O) groups is 1. The van der Waals surface area contributed by atoms with E-state index in [2.05, 4.69) is 67.3 Å². The van der Waals surface area contributed by atoms with Gasteiger partial charge in [0, 0.05) is 16.1 Å².